The van der Waals surface area contributed by atoms with Gasteiger partial charge in [-0.05, 0) is 51.5 Å². The summed E-state index contributed by atoms with van der Waals surface area (Å²) >= 11 is 6.59. The molecule has 1 atom stereocenters. The van der Waals surface area contributed by atoms with E-state index in [1.165, 1.54) is 6.07 Å². The summed E-state index contributed by atoms with van der Waals surface area (Å²) < 4.78 is 34.8. The predicted molar refractivity (Wildman–Crippen MR) is 141 cm³/mol. The molecule has 0 radical (unpaired) electrons. The van der Waals surface area contributed by atoms with Gasteiger partial charge in [0.15, 0.2) is 11.6 Å². The van der Waals surface area contributed by atoms with E-state index in [9.17, 15) is 9.59 Å². The first kappa shape index (κ1) is 26.0. The van der Waals surface area contributed by atoms with Crippen molar-refractivity contribution in [2.75, 3.05) is 31.6 Å². The van der Waals surface area contributed by atoms with E-state index in [2.05, 4.69) is 5.32 Å². The van der Waals surface area contributed by atoms with Gasteiger partial charge in [0.1, 0.15) is 29.7 Å². The number of hydrogen-bond donors (Lipinski definition) is 1. The molecule has 2 aliphatic rings. The number of benzene rings is 2. The van der Waals surface area contributed by atoms with Crippen LogP contribution in [0, 0.1) is 12.7 Å². The van der Waals surface area contributed by atoms with Crippen LogP contribution in [0.5, 0.6) is 5.75 Å². The summed E-state index contributed by atoms with van der Waals surface area (Å²) in [5, 5.41) is 2.90. The standard InChI is InChI=1S/C27H28ClFN4O5/c1-15-5-6-21-19(9-15)31-25(22-18(28)10-20-24(23(22)29)37-14-16(13-34)30-20)33(21)12-17-11-32(7-8-36-17)26(35)38-27(2,3)4/h5-6,9-10,17,30H,7-8,11-12,14H2,1-4H3/t17-/m1/s1. The molecule has 11 heteroatoms. The van der Waals surface area contributed by atoms with Gasteiger partial charge in [-0.15, -0.1) is 0 Å². The van der Waals surface area contributed by atoms with Crippen molar-refractivity contribution in [1.29, 1.82) is 0 Å². The normalized spacial score (nSPS) is 17.5. The molecule has 0 bridgehead atoms. The lowest BCUT2D eigenvalue weighted by Crippen LogP contribution is -2.48. The molecule has 2 aromatic carbocycles. The van der Waals surface area contributed by atoms with E-state index in [1.54, 1.807) is 10.8 Å². The number of ether oxygens (including phenoxy) is 3. The van der Waals surface area contributed by atoms with Gasteiger partial charge in [-0.2, -0.15) is 0 Å². The smallest absolute Gasteiger partial charge is 0.410 e. The molecule has 5 rings (SSSR count). The molecule has 1 N–H and O–H groups in total. The summed E-state index contributed by atoms with van der Waals surface area (Å²) in [5.74, 6) is 1.28. The van der Waals surface area contributed by atoms with E-state index in [4.69, 9.17) is 30.8 Å². The number of amides is 1. The number of nitrogens with one attached hydrogen (secondary N) is 1. The number of imidazole rings is 1. The van der Waals surface area contributed by atoms with Crippen molar-refractivity contribution in [2.24, 2.45) is 0 Å². The zero-order valence-corrected chi connectivity index (χ0v) is 22.3. The summed E-state index contributed by atoms with van der Waals surface area (Å²) in [4.78, 5) is 30.1. The highest BCUT2D eigenvalue weighted by molar-refractivity contribution is 6.33. The maximum atomic E-state index is 15.9. The quantitative estimate of drug-likeness (QED) is 0.467. The number of morpholine rings is 1. The number of halogens is 2. The van der Waals surface area contributed by atoms with Gasteiger partial charge < -0.3 is 29.0 Å². The van der Waals surface area contributed by atoms with Crippen LogP contribution in [0.3, 0.4) is 0 Å². The molecular formula is C27H28ClFN4O5. The van der Waals surface area contributed by atoms with E-state index < -0.39 is 23.6 Å². The maximum Gasteiger partial charge on any atom is 0.410 e. The summed E-state index contributed by atoms with van der Waals surface area (Å²) in [6.45, 7) is 8.61. The summed E-state index contributed by atoms with van der Waals surface area (Å²) in [6, 6.07) is 7.28. The average Bonchev–Trinajstić information content (AvgIpc) is 3.19. The molecule has 0 aliphatic carbocycles. The van der Waals surface area contributed by atoms with Crippen LogP contribution in [-0.4, -0.2) is 64.5 Å². The number of aromatic nitrogens is 2. The predicted octanol–water partition coefficient (Wildman–Crippen LogP) is 4.96. The van der Waals surface area contributed by atoms with Crippen LogP contribution in [0.2, 0.25) is 5.02 Å². The summed E-state index contributed by atoms with van der Waals surface area (Å²) in [6.07, 6.45) is -0.805. The summed E-state index contributed by atoms with van der Waals surface area (Å²) in [5.41, 5.74) is 2.27. The maximum absolute atomic E-state index is 15.9. The number of nitrogens with zero attached hydrogens (tertiary/aromatic N) is 3. The monoisotopic (exact) mass is 542 g/mol. The molecule has 1 aromatic heterocycles. The molecule has 1 saturated heterocycles. The van der Waals surface area contributed by atoms with E-state index in [0.29, 0.717) is 31.0 Å². The molecule has 2 aliphatic heterocycles. The number of fused-ring (bicyclic) bond motifs is 2. The fourth-order valence-electron chi connectivity index (χ4n) is 4.58. The number of anilines is 1. The van der Waals surface area contributed by atoms with Crippen LogP contribution in [0.4, 0.5) is 14.9 Å². The molecule has 3 aromatic rings. The third-order valence-electron chi connectivity index (χ3n) is 6.25. The molecule has 1 fully saturated rings. The third kappa shape index (κ3) is 5.07. The van der Waals surface area contributed by atoms with Crippen molar-refractivity contribution in [3.63, 3.8) is 0 Å². The van der Waals surface area contributed by atoms with Gasteiger partial charge in [0.2, 0.25) is 0 Å². The second kappa shape index (κ2) is 9.94. The Hall–Kier alpha value is -3.59. The zero-order valence-electron chi connectivity index (χ0n) is 21.6. The van der Waals surface area contributed by atoms with Gasteiger partial charge in [-0.25, -0.2) is 19.0 Å². The minimum Gasteiger partial charge on any atom is -0.481 e. The van der Waals surface area contributed by atoms with Crippen LogP contribution < -0.4 is 10.1 Å². The van der Waals surface area contributed by atoms with E-state index in [-0.39, 0.29) is 40.9 Å². The van der Waals surface area contributed by atoms with Gasteiger partial charge in [-0.3, -0.25) is 0 Å². The van der Waals surface area contributed by atoms with Crippen LogP contribution in [-0.2, 0) is 20.8 Å². The summed E-state index contributed by atoms with van der Waals surface area (Å²) in [7, 11) is 0. The van der Waals surface area contributed by atoms with Gasteiger partial charge in [0.25, 0.3) is 0 Å². The van der Waals surface area contributed by atoms with E-state index >= 15 is 4.39 Å². The van der Waals surface area contributed by atoms with Crippen LogP contribution >= 0.6 is 11.6 Å². The number of rotatable bonds is 3. The van der Waals surface area contributed by atoms with Crippen molar-refractivity contribution < 1.29 is 28.2 Å². The van der Waals surface area contributed by atoms with Crippen LogP contribution in [0.15, 0.2) is 30.0 Å². The zero-order chi connectivity index (χ0) is 27.2. The molecule has 1 amide bonds. The molecule has 38 heavy (non-hydrogen) atoms. The Bertz CT molecular complexity index is 1470. The number of aryl methyl sites for hydroxylation is 1. The minimum absolute atomic E-state index is 0.0526. The lowest BCUT2D eigenvalue weighted by Gasteiger charge is -2.34. The second-order valence-electron chi connectivity index (χ2n) is 10.4. The molecule has 0 saturated carbocycles. The first-order valence-electron chi connectivity index (χ1n) is 12.3. The van der Waals surface area contributed by atoms with Crippen molar-refractivity contribution in [3.05, 3.63) is 46.4 Å². The van der Waals surface area contributed by atoms with Crippen molar-refractivity contribution in [2.45, 2.75) is 45.9 Å². The first-order valence-corrected chi connectivity index (χ1v) is 12.6. The molecule has 9 nitrogen and oxygen atoms in total. The Balaban J connectivity index is 1.54. The van der Waals surface area contributed by atoms with Crippen molar-refractivity contribution >= 4 is 40.4 Å². The fourth-order valence-corrected chi connectivity index (χ4v) is 4.86. The Labute approximate surface area is 224 Å². The third-order valence-corrected chi connectivity index (χ3v) is 6.55. The molecule has 3 heterocycles. The Morgan fingerprint density at radius 2 is 2.13 bits per heavy atom. The van der Waals surface area contributed by atoms with Crippen molar-refractivity contribution in [1.82, 2.24) is 14.5 Å². The largest absolute Gasteiger partial charge is 0.481 e. The number of carbonyl (C=O) groups is 1. The number of carbonyl (C=O) groups excluding carboxylic acids is 2. The van der Waals surface area contributed by atoms with Gasteiger partial charge in [0.05, 0.1) is 53.1 Å². The molecular weight excluding hydrogens is 515 g/mol. The van der Waals surface area contributed by atoms with Crippen LogP contribution in [0.1, 0.15) is 26.3 Å². The highest BCUT2D eigenvalue weighted by Crippen LogP contribution is 2.43. The molecule has 0 unspecified atom stereocenters. The highest BCUT2D eigenvalue weighted by Gasteiger charge is 2.31. The number of hydrogen-bond acceptors (Lipinski definition) is 7. The fraction of sp³-hybridized carbons (Fsp3) is 0.407. The highest BCUT2D eigenvalue weighted by atomic mass is 35.5. The van der Waals surface area contributed by atoms with Crippen LogP contribution in [0.25, 0.3) is 22.4 Å². The van der Waals surface area contributed by atoms with Gasteiger partial charge in [-0.1, -0.05) is 17.7 Å². The Morgan fingerprint density at radius 1 is 1.34 bits per heavy atom. The van der Waals surface area contributed by atoms with E-state index in [1.807, 2.05) is 50.5 Å². The minimum atomic E-state index is -0.696. The lowest BCUT2D eigenvalue weighted by atomic mass is 10.1. The van der Waals surface area contributed by atoms with Gasteiger partial charge in [0, 0.05) is 6.54 Å². The van der Waals surface area contributed by atoms with Crippen molar-refractivity contribution in [3.8, 4) is 17.1 Å². The second-order valence-corrected chi connectivity index (χ2v) is 10.8. The molecule has 200 valence electrons. The van der Waals surface area contributed by atoms with E-state index in [0.717, 1.165) is 11.1 Å². The average molecular weight is 543 g/mol. The molecule has 0 spiro atoms. The first-order chi connectivity index (χ1) is 18.0. The Kier molecular flexibility index (Phi) is 6.81. The topological polar surface area (TPSA) is 94.9 Å². The Morgan fingerprint density at radius 3 is 2.87 bits per heavy atom. The lowest BCUT2D eigenvalue weighted by molar-refractivity contribution is -0.0468. The SMILES string of the molecule is Cc1ccc2c(c1)nc(-c1c(Cl)cc3c(c1F)OCC(=C=O)N3)n2C[C@H]1CN(C(=O)OC(C)(C)C)CCO1. The van der Waals surface area contributed by atoms with Gasteiger partial charge >= 0.3 is 6.09 Å².